The number of allylic oxidation sites excluding steroid dienone is 3. The number of nitrogens with two attached hydrogens (primary N) is 1. The summed E-state index contributed by atoms with van der Waals surface area (Å²) in [6, 6.07) is 0.122. The van der Waals surface area contributed by atoms with E-state index in [9.17, 15) is 0 Å². The molecule has 0 heterocycles. The Morgan fingerprint density at radius 2 is 2.08 bits per heavy atom. The van der Waals surface area contributed by atoms with Crippen molar-refractivity contribution in [2.24, 2.45) is 5.73 Å². The molecule has 0 aliphatic carbocycles. The van der Waals surface area contributed by atoms with E-state index in [-0.39, 0.29) is 6.04 Å². The highest BCUT2D eigenvalue weighted by Crippen LogP contribution is 2.10. The molecule has 0 amide bonds. The van der Waals surface area contributed by atoms with E-state index >= 15 is 0 Å². The molecule has 12 heavy (non-hydrogen) atoms. The molecule has 0 saturated carbocycles. The van der Waals surface area contributed by atoms with Gasteiger partial charge in [-0.2, -0.15) is 0 Å². The summed E-state index contributed by atoms with van der Waals surface area (Å²) in [5, 5.41) is 0. The molecule has 1 unspecified atom stereocenters. The second-order valence-corrected chi connectivity index (χ2v) is 3.71. The number of thioether (sulfide) groups is 1. The maximum Gasteiger partial charge on any atom is 0.0200 e. The van der Waals surface area contributed by atoms with Crippen LogP contribution >= 0.6 is 11.8 Å². The van der Waals surface area contributed by atoms with Gasteiger partial charge in [-0.3, -0.25) is 0 Å². The van der Waals surface area contributed by atoms with Crippen molar-refractivity contribution in [2.75, 3.05) is 6.26 Å². The van der Waals surface area contributed by atoms with Gasteiger partial charge in [0.25, 0.3) is 0 Å². The predicted molar refractivity (Wildman–Crippen MR) is 59.2 cm³/mol. The molecule has 0 fully saturated rings. The average molecular weight is 183 g/mol. The Hall–Kier alpha value is -0.470. The molecular weight excluding hydrogens is 166 g/mol. The van der Waals surface area contributed by atoms with E-state index in [1.54, 1.807) is 11.8 Å². The molecule has 0 aromatic rings. The molecule has 0 aromatic carbocycles. The largest absolute Gasteiger partial charge is 0.325 e. The molecule has 0 saturated heterocycles. The zero-order valence-electron chi connectivity index (χ0n) is 8.00. The van der Waals surface area contributed by atoms with Gasteiger partial charge >= 0.3 is 0 Å². The lowest BCUT2D eigenvalue weighted by Crippen LogP contribution is -2.10. The zero-order valence-corrected chi connectivity index (χ0v) is 8.82. The normalized spacial score (nSPS) is 15.2. The van der Waals surface area contributed by atoms with Crippen LogP contribution in [0.5, 0.6) is 0 Å². The summed E-state index contributed by atoms with van der Waals surface area (Å²) in [4.78, 5) is 1.06. The highest BCUT2D eigenvalue weighted by atomic mass is 32.2. The van der Waals surface area contributed by atoms with E-state index < -0.39 is 0 Å². The summed E-state index contributed by atoms with van der Waals surface area (Å²) in [6.45, 7) is 7.84. The lowest BCUT2D eigenvalue weighted by Gasteiger charge is -1.97. The highest BCUT2D eigenvalue weighted by molar-refractivity contribution is 8.02. The van der Waals surface area contributed by atoms with Crippen LogP contribution in [0.15, 0.2) is 35.3 Å². The van der Waals surface area contributed by atoms with Crippen molar-refractivity contribution in [1.29, 1.82) is 0 Å². The summed E-state index contributed by atoms with van der Waals surface area (Å²) < 4.78 is 0. The van der Waals surface area contributed by atoms with Crippen molar-refractivity contribution < 1.29 is 0 Å². The zero-order chi connectivity index (χ0) is 9.56. The van der Waals surface area contributed by atoms with Crippen LogP contribution in [0, 0.1) is 0 Å². The van der Waals surface area contributed by atoms with E-state index in [0.29, 0.717) is 0 Å². The Morgan fingerprint density at radius 1 is 1.50 bits per heavy atom. The summed E-state index contributed by atoms with van der Waals surface area (Å²) in [6.07, 6.45) is 8.06. The lowest BCUT2D eigenvalue weighted by molar-refractivity contribution is 0.918. The molecule has 68 valence electrons. The van der Waals surface area contributed by atoms with Crippen LogP contribution in [-0.2, 0) is 0 Å². The van der Waals surface area contributed by atoms with Crippen LogP contribution < -0.4 is 5.73 Å². The molecule has 0 aliphatic heterocycles. The van der Waals surface area contributed by atoms with E-state index in [1.807, 2.05) is 38.3 Å². The maximum absolute atomic E-state index is 5.59. The van der Waals surface area contributed by atoms with Crippen molar-refractivity contribution in [3.05, 3.63) is 35.3 Å². The minimum Gasteiger partial charge on any atom is -0.325 e. The molecular formula is C10H17NS. The fraction of sp³-hybridized carbons (Fsp3) is 0.400. The maximum atomic E-state index is 5.59. The van der Waals surface area contributed by atoms with Gasteiger partial charge in [0.1, 0.15) is 0 Å². The third kappa shape index (κ3) is 6.25. The van der Waals surface area contributed by atoms with Gasteiger partial charge in [0.2, 0.25) is 0 Å². The van der Waals surface area contributed by atoms with Gasteiger partial charge in [-0.05, 0) is 31.1 Å². The van der Waals surface area contributed by atoms with Gasteiger partial charge in [-0.25, -0.2) is 0 Å². The van der Waals surface area contributed by atoms with Crippen LogP contribution in [0.25, 0.3) is 0 Å². The lowest BCUT2D eigenvalue weighted by atomic mass is 10.2. The SMILES string of the molecule is C=C(/C=C\C(C)=C/C(C)N)SC. The number of hydrogen-bond donors (Lipinski definition) is 1. The van der Waals surface area contributed by atoms with Crippen LogP contribution in [0.1, 0.15) is 13.8 Å². The second-order valence-electron chi connectivity index (χ2n) is 2.77. The van der Waals surface area contributed by atoms with E-state index in [1.165, 1.54) is 5.57 Å². The molecule has 2 N–H and O–H groups in total. The second kappa shape index (κ2) is 6.09. The van der Waals surface area contributed by atoms with Crippen LogP contribution in [0.2, 0.25) is 0 Å². The Balaban J connectivity index is 4.07. The van der Waals surface area contributed by atoms with Crippen LogP contribution in [-0.4, -0.2) is 12.3 Å². The Kier molecular flexibility index (Phi) is 5.85. The third-order valence-electron chi connectivity index (χ3n) is 1.32. The first-order valence-corrected chi connectivity index (χ1v) is 5.13. The van der Waals surface area contributed by atoms with Crippen molar-refractivity contribution in [3.8, 4) is 0 Å². The van der Waals surface area contributed by atoms with Gasteiger partial charge in [-0.15, -0.1) is 11.8 Å². The predicted octanol–water partition coefficient (Wildman–Crippen LogP) is 2.71. The molecule has 0 aliphatic rings. The quantitative estimate of drug-likeness (QED) is 0.678. The molecule has 2 heteroatoms. The van der Waals surface area contributed by atoms with Gasteiger partial charge in [0.05, 0.1) is 0 Å². The first kappa shape index (κ1) is 11.5. The number of rotatable bonds is 4. The van der Waals surface area contributed by atoms with E-state index in [4.69, 9.17) is 5.73 Å². The first-order chi connectivity index (χ1) is 5.56. The minimum absolute atomic E-state index is 0.122. The van der Waals surface area contributed by atoms with Gasteiger partial charge in [0.15, 0.2) is 0 Å². The Labute approximate surface area is 79.4 Å². The van der Waals surface area contributed by atoms with Crippen LogP contribution in [0.3, 0.4) is 0 Å². The monoisotopic (exact) mass is 183 g/mol. The molecule has 1 nitrogen and oxygen atoms in total. The molecule has 0 aromatic heterocycles. The Morgan fingerprint density at radius 3 is 2.50 bits per heavy atom. The van der Waals surface area contributed by atoms with Gasteiger partial charge in [0, 0.05) is 6.04 Å². The standard InChI is InChI=1S/C10H17NS/c1-8(7-9(2)11)5-6-10(3)12-4/h5-7,9H,3,11H2,1-2,4H3/b6-5-,8-7-. The van der Waals surface area contributed by atoms with Crippen molar-refractivity contribution in [1.82, 2.24) is 0 Å². The smallest absolute Gasteiger partial charge is 0.0200 e. The first-order valence-electron chi connectivity index (χ1n) is 3.91. The number of hydrogen-bond acceptors (Lipinski definition) is 2. The summed E-state index contributed by atoms with van der Waals surface area (Å²) >= 11 is 1.65. The molecule has 0 spiro atoms. The Bertz CT molecular complexity index is 202. The average Bonchev–Trinajstić information content (AvgIpc) is 1.99. The minimum atomic E-state index is 0.122. The van der Waals surface area contributed by atoms with E-state index in [2.05, 4.69) is 6.58 Å². The summed E-state index contributed by atoms with van der Waals surface area (Å²) in [5.74, 6) is 0. The highest BCUT2D eigenvalue weighted by Gasteiger charge is 1.87. The molecule has 0 bridgehead atoms. The molecule has 0 radical (unpaired) electrons. The van der Waals surface area contributed by atoms with Gasteiger partial charge < -0.3 is 5.73 Å². The summed E-state index contributed by atoms with van der Waals surface area (Å²) in [7, 11) is 0. The van der Waals surface area contributed by atoms with Gasteiger partial charge in [-0.1, -0.05) is 24.3 Å². The van der Waals surface area contributed by atoms with Crippen molar-refractivity contribution in [3.63, 3.8) is 0 Å². The molecule has 1 atom stereocenters. The topological polar surface area (TPSA) is 26.0 Å². The van der Waals surface area contributed by atoms with Crippen molar-refractivity contribution >= 4 is 11.8 Å². The van der Waals surface area contributed by atoms with Crippen LogP contribution in [0.4, 0.5) is 0 Å². The van der Waals surface area contributed by atoms with E-state index in [0.717, 1.165) is 4.91 Å². The fourth-order valence-corrected chi connectivity index (χ4v) is 0.967. The fourth-order valence-electron chi connectivity index (χ4n) is 0.763. The third-order valence-corrected chi connectivity index (χ3v) is 1.98. The van der Waals surface area contributed by atoms with Crippen molar-refractivity contribution in [2.45, 2.75) is 19.9 Å². The summed E-state index contributed by atoms with van der Waals surface area (Å²) in [5.41, 5.74) is 6.78. The molecule has 0 rings (SSSR count).